The van der Waals surface area contributed by atoms with Gasteiger partial charge in [-0.1, -0.05) is 27.7 Å². The van der Waals surface area contributed by atoms with Gasteiger partial charge in [0, 0.05) is 11.9 Å². The van der Waals surface area contributed by atoms with Gasteiger partial charge in [-0.2, -0.15) is 5.10 Å². The van der Waals surface area contributed by atoms with E-state index in [2.05, 4.69) is 43.5 Å². The number of ether oxygens (including phenoxy) is 1. The monoisotopic (exact) mass is 291 g/mol. The first-order chi connectivity index (χ1) is 9.82. The van der Waals surface area contributed by atoms with E-state index in [0.29, 0.717) is 0 Å². The van der Waals surface area contributed by atoms with E-state index >= 15 is 0 Å². The number of hydrogen-bond acceptors (Lipinski definition) is 4. The molecule has 0 fully saturated rings. The predicted molar refractivity (Wildman–Crippen MR) is 86.7 cm³/mol. The van der Waals surface area contributed by atoms with E-state index < -0.39 is 0 Å². The van der Waals surface area contributed by atoms with Crippen LogP contribution < -0.4 is 15.5 Å². The fourth-order valence-electron chi connectivity index (χ4n) is 1.38. The largest absolute Gasteiger partial charge is 0.497 e. The molecule has 0 spiro atoms. The number of rotatable bonds is 6. The number of carbonyl (C=O) groups is 1. The van der Waals surface area contributed by atoms with E-state index in [1.165, 1.54) is 0 Å². The number of amides is 1. The number of carbonyl (C=O) groups excluding carboxylic acids is 1. The van der Waals surface area contributed by atoms with E-state index in [9.17, 15) is 4.79 Å². The van der Waals surface area contributed by atoms with Crippen molar-refractivity contribution in [3.8, 4) is 5.75 Å². The third kappa shape index (κ3) is 6.29. The molecule has 1 rings (SSSR count). The first-order valence-electron chi connectivity index (χ1n) is 7.03. The highest BCUT2D eigenvalue weighted by Crippen LogP contribution is 2.23. The molecular weight excluding hydrogens is 266 g/mol. The van der Waals surface area contributed by atoms with Crippen LogP contribution in [-0.4, -0.2) is 25.8 Å². The smallest absolute Gasteiger partial charge is 0.259 e. The number of nitrogens with one attached hydrogen (secondary N) is 2. The number of anilines is 1. The van der Waals surface area contributed by atoms with Crippen LogP contribution in [0.25, 0.3) is 0 Å². The standard InChI is InChI=1S/C16H25N3O2/c1-12(16(2,3)4)10-18-19-15(20)11-17-13-6-8-14(21-5)9-7-13/h6-10,12,17H,11H2,1-5H3,(H,19,20). The summed E-state index contributed by atoms with van der Waals surface area (Å²) in [5.41, 5.74) is 3.52. The maximum absolute atomic E-state index is 11.7. The minimum absolute atomic E-state index is 0.134. The number of nitrogens with zero attached hydrogens (tertiary/aromatic N) is 1. The second kappa shape index (κ2) is 7.67. The van der Waals surface area contributed by atoms with Gasteiger partial charge in [0.2, 0.25) is 0 Å². The first kappa shape index (κ1) is 17.0. The van der Waals surface area contributed by atoms with Crippen molar-refractivity contribution < 1.29 is 9.53 Å². The molecule has 1 aromatic rings. The van der Waals surface area contributed by atoms with Crippen LogP contribution in [0.15, 0.2) is 29.4 Å². The first-order valence-corrected chi connectivity index (χ1v) is 7.03. The van der Waals surface area contributed by atoms with Gasteiger partial charge < -0.3 is 10.1 Å². The Balaban J connectivity index is 2.35. The van der Waals surface area contributed by atoms with Crippen molar-refractivity contribution in [3.63, 3.8) is 0 Å². The SMILES string of the molecule is COc1ccc(NCC(=O)NN=CC(C)C(C)(C)C)cc1. The van der Waals surface area contributed by atoms with Crippen LogP contribution in [0.1, 0.15) is 27.7 Å². The molecule has 2 N–H and O–H groups in total. The summed E-state index contributed by atoms with van der Waals surface area (Å²) in [6, 6.07) is 7.39. The van der Waals surface area contributed by atoms with Crippen LogP contribution in [0.5, 0.6) is 5.75 Å². The minimum atomic E-state index is -0.178. The maximum atomic E-state index is 11.7. The highest BCUT2D eigenvalue weighted by Gasteiger charge is 2.17. The fourth-order valence-corrected chi connectivity index (χ4v) is 1.38. The summed E-state index contributed by atoms with van der Waals surface area (Å²) in [5.74, 6) is 0.890. The summed E-state index contributed by atoms with van der Waals surface area (Å²) in [6.07, 6.45) is 1.77. The average Bonchev–Trinajstić information content (AvgIpc) is 2.44. The molecule has 5 heteroatoms. The Labute approximate surface area is 126 Å². The second-order valence-electron chi connectivity index (χ2n) is 6.05. The zero-order chi connectivity index (χ0) is 15.9. The number of hydrogen-bond donors (Lipinski definition) is 2. The van der Waals surface area contributed by atoms with Crippen LogP contribution in [0.3, 0.4) is 0 Å². The van der Waals surface area contributed by atoms with Gasteiger partial charge in [0.05, 0.1) is 13.7 Å². The predicted octanol–water partition coefficient (Wildman–Crippen LogP) is 2.89. The van der Waals surface area contributed by atoms with Gasteiger partial charge in [-0.15, -0.1) is 0 Å². The van der Waals surface area contributed by atoms with Crippen molar-refractivity contribution in [2.45, 2.75) is 27.7 Å². The van der Waals surface area contributed by atoms with Crippen molar-refractivity contribution in [1.82, 2.24) is 5.43 Å². The molecule has 0 aliphatic carbocycles. The van der Waals surface area contributed by atoms with Crippen molar-refractivity contribution in [3.05, 3.63) is 24.3 Å². The molecule has 5 nitrogen and oxygen atoms in total. The highest BCUT2D eigenvalue weighted by atomic mass is 16.5. The third-order valence-electron chi connectivity index (χ3n) is 3.40. The molecule has 0 bridgehead atoms. The minimum Gasteiger partial charge on any atom is -0.497 e. The van der Waals surface area contributed by atoms with Gasteiger partial charge in [-0.05, 0) is 35.6 Å². The summed E-state index contributed by atoms with van der Waals surface area (Å²) in [6.45, 7) is 8.66. The zero-order valence-corrected chi connectivity index (χ0v) is 13.4. The summed E-state index contributed by atoms with van der Waals surface area (Å²) in [5, 5.41) is 7.02. The number of benzene rings is 1. The van der Waals surface area contributed by atoms with E-state index in [1.54, 1.807) is 13.3 Å². The molecular formula is C16H25N3O2. The Morgan fingerprint density at radius 1 is 1.33 bits per heavy atom. The summed E-state index contributed by atoms with van der Waals surface area (Å²) >= 11 is 0. The van der Waals surface area contributed by atoms with Crippen LogP contribution in [0, 0.1) is 11.3 Å². The maximum Gasteiger partial charge on any atom is 0.259 e. The van der Waals surface area contributed by atoms with Crippen LogP contribution in [0.2, 0.25) is 0 Å². The molecule has 1 amide bonds. The third-order valence-corrected chi connectivity index (χ3v) is 3.40. The van der Waals surface area contributed by atoms with Crippen molar-refractivity contribution >= 4 is 17.8 Å². The lowest BCUT2D eigenvalue weighted by Crippen LogP contribution is -2.27. The molecule has 0 heterocycles. The van der Waals surface area contributed by atoms with Gasteiger partial charge >= 0.3 is 0 Å². The topological polar surface area (TPSA) is 62.7 Å². The van der Waals surface area contributed by atoms with Gasteiger partial charge in [0.25, 0.3) is 5.91 Å². The lowest BCUT2D eigenvalue weighted by molar-refractivity contribution is -0.119. The molecule has 0 saturated carbocycles. The van der Waals surface area contributed by atoms with Crippen LogP contribution in [0.4, 0.5) is 5.69 Å². The average molecular weight is 291 g/mol. The van der Waals surface area contributed by atoms with E-state index in [0.717, 1.165) is 11.4 Å². The molecule has 1 atom stereocenters. The van der Waals surface area contributed by atoms with Crippen molar-refractivity contribution in [2.75, 3.05) is 19.0 Å². The summed E-state index contributed by atoms with van der Waals surface area (Å²) in [7, 11) is 1.62. The van der Waals surface area contributed by atoms with Crippen molar-refractivity contribution in [1.29, 1.82) is 0 Å². The normalized spacial score (nSPS) is 13.0. The molecule has 1 aromatic carbocycles. The quantitative estimate of drug-likeness (QED) is 0.626. The summed E-state index contributed by atoms with van der Waals surface area (Å²) in [4.78, 5) is 11.7. The molecule has 0 radical (unpaired) electrons. The number of hydrazone groups is 1. The Bertz CT molecular complexity index is 475. The molecule has 1 unspecified atom stereocenters. The highest BCUT2D eigenvalue weighted by molar-refractivity contribution is 5.81. The van der Waals surface area contributed by atoms with E-state index in [4.69, 9.17) is 4.74 Å². The Kier molecular flexibility index (Phi) is 6.21. The molecule has 0 aromatic heterocycles. The van der Waals surface area contributed by atoms with Crippen LogP contribution >= 0.6 is 0 Å². The molecule has 0 saturated heterocycles. The fraction of sp³-hybridized carbons (Fsp3) is 0.500. The van der Waals surface area contributed by atoms with Gasteiger partial charge in [0.1, 0.15) is 5.75 Å². The zero-order valence-electron chi connectivity index (χ0n) is 13.4. The van der Waals surface area contributed by atoms with Gasteiger partial charge in [0.15, 0.2) is 0 Å². The summed E-state index contributed by atoms with van der Waals surface area (Å²) < 4.78 is 5.07. The lowest BCUT2D eigenvalue weighted by atomic mass is 9.83. The number of methoxy groups -OCH3 is 1. The van der Waals surface area contributed by atoms with E-state index in [-0.39, 0.29) is 23.8 Å². The van der Waals surface area contributed by atoms with Gasteiger partial charge in [-0.3, -0.25) is 4.79 Å². The lowest BCUT2D eigenvalue weighted by Gasteiger charge is -2.23. The Morgan fingerprint density at radius 3 is 2.48 bits per heavy atom. The Hall–Kier alpha value is -2.04. The van der Waals surface area contributed by atoms with Gasteiger partial charge in [-0.25, -0.2) is 5.43 Å². The second-order valence-corrected chi connectivity index (χ2v) is 6.05. The molecule has 0 aliphatic rings. The molecule has 21 heavy (non-hydrogen) atoms. The Morgan fingerprint density at radius 2 is 1.95 bits per heavy atom. The molecule has 116 valence electrons. The molecule has 0 aliphatic heterocycles. The van der Waals surface area contributed by atoms with E-state index in [1.807, 2.05) is 24.3 Å². The van der Waals surface area contributed by atoms with Crippen molar-refractivity contribution in [2.24, 2.45) is 16.4 Å². The van der Waals surface area contributed by atoms with Crippen LogP contribution in [-0.2, 0) is 4.79 Å².